The molecule has 10 heteroatoms. The average molecular weight is 628 g/mol. The zero-order valence-electron chi connectivity index (χ0n) is 24.7. The Morgan fingerprint density at radius 3 is 2.26 bits per heavy atom. The number of likely N-dealkylation sites (N-methyl/N-ethyl adjacent to an activating group) is 1. The van der Waals surface area contributed by atoms with Gasteiger partial charge in [-0.1, -0.05) is 62.2 Å². The summed E-state index contributed by atoms with van der Waals surface area (Å²) in [4.78, 5) is 29.7. The molecule has 0 spiro atoms. The molecule has 1 amide bonds. The van der Waals surface area contributed by atoms with Crippen LogP contribution in [-0.4, -0.2) is 54.2 Å². The molecule has 1 saturated heterocycles. The molecule has 6 nitrogen and oxygen atoms in total. The lowest BCUT2D eigenvalue weighted by Gasteiger charge is -2.32. The van der Waals surface area contributed by atoms with Gasteiger partial charge in [0, 0.05) is 34.2 Å². The number of halogens is 4. The van der Waals surface area contributed by atoms with Gasteiger partial charge in [0.1, 0.15) is 17.7 Å². The van der Waals surface area contributed by atoms with Crippen molar-refractivity contribution in [1.82, 2.24) is 9.80 Å². The lowest BCUT2D eigenvalue weighted by atomic mass is 9.73. The number of carbonyl (C=O) groups excluding carboxylic acids is 2. The standard InChI is InChI=1S/C33H34Cl2F2N4O2/c1-33(2,3)16-26-28(22-14-11-20(34)15-25(22)36)29(23-7-6-8-24(35)30(23)37)31(41(26)18-38)32(43)39-21-12-9-19(10-13-21)27(42)17-40(4)5/h6-15,26,28-29,31H,16-17H2,1-5H3,(H,39,43). The second-order valence-electron chi connectivity index (χ2n) is 12.4. The number of carbonyl (C=O) groups is 2. The van der Waals surface area contributed by atoms with Crippen LogP contribution in [0.25, 0.3) is 0 Å². The number of benzene rings is 3. The van der Waals surface area contributed by atoms with Crippen molar-refractivity contribution >= 4 is 40.6 Å². The van der Waals surface area contributed by atoms with Crippen LogP contribution in [0.3, 0.4) is 0 Å². The van der Waals surface area contributed by atoms with Gasteiger partial charge in [0.05, 0.1) is 11.6 Å². The molecule has 0 aliphatic carbocycles. The summed E-state index contributed by atoms with van der Waals surface area (Å²) in [5, 5.41) is 13.4. The molecule has 1 N–H and O–H groups in total. The zero-order valence-corrected chi connectivity index (χ0v) is 26.2. The summed E-state index contributed by atoms with van der Waals surface area (Å²) in [6, 6.07) is 13.3. The van der Waals surface area contributed by atoms with Crippen molar-refractivity contribution in [2.24, 2.45) is 5.41 Å². The molecule has 4 unspecified atom stereocenters. The second-order valence-corrected chi connectivity index (χ2v) is 13.2. The minimum absolute atomic E-state index is 0.0799. The first-order valence-electron chi connectivity index (χ1n) is 13.9. The zero-order chi connectivity index (χ0) is 31.6. The van der Waals surface area contributed by atoms with Crippen molar-refractivity contribution < 1.29 is 18.4 Å². The van der Waals surface area contributed by atoms with Gasteiger partial charge in [0.25, 0.3) is 0 Å². The summed E-state index contributed by atoms with van der Waals surface area (Å²) >= 11 is 12.3. The number of Topliss-reactive ketones (excluding diaryl/α,β-unsaturated/α-hetero) is 1. The number of likely N-dealkylation sites (tertiary alicyclic amines) is 1. The van der Waals surface area contributed by atoms with Crippen molar-refractivity contribution in [3.63, 3.8) is 0 Å². The Morgan fingerprint density at radius 1 is 1.00 bits per heavy atom. The highest BCUT2D eigenvalue weighted by molar-refractivity contribution is 6.31. The molecule has 3 aromatic rings. The van der Waals surface area contributed by atoms with E-state index in [-0.39, 0.29) is 38.9 Å². The van der Waals surface area contributed by atoms with E-state index in [2.05, 4.69) is 11.5 Å². The molecule has 226 valence electrons. The first kappa shape index (κ1) is 32.4. The molecule has 43 heavy (non-hydrogen) atoms. The number of hydrogen-bond donors (Lipinski definition) is 1. The van der Waals surface area contributed by atoms with Gasteiger partial charge in [-0.3, -0.25) is 14.5 Å². The number of amides is 1. The number of nitrogens with zero attached hydrogens (tertiary/aromatic N) is 3. The first-order valence-corrected chi connectivity index (χ1v) is 14.6. The van der Waals surface area contributed by atoms with Crippen molar-refractivity contribution in [1.29, 1.82) is 5.26 Å². The Labute approximate surface area is 261 Å². The lowest BCUT2D eigenvalue weighted by Crippen LogP contribution is -2.43. The summed E-state index contributed by atoms with van der Waals surface area (Å²) in [5.74, 6) is -3.78. The Kier molecular flexibility index (Phi) is 9.80. The molecule has 0 bridgehead atoms. The minimum atomic E-state index is -1.21. The molecular formula is C33H34Cl2F2N4O2. The molecule has 0 saturated carbocycles. The van der Waals surface area contributed by atoms with E-state index in [0.717, 1.165) is 0 Å². The topological polar surface area (TPSA) is 76.4 Å². The van der Waals surface area contributed by atoms with Crippen molar-refractivity contribution in [3.8, 4) is 6.19 Å². The van der Waals surface area contributed by atoms with Crippen molar-refractivity contribution in [3.05, 3.63) is 99.0 Å². The summed E-state index contributed by atoms with van der Waals surface area (Å²) < 4.78 is 31.4. The molecule has 0 radical (unpaired) electrons. The highest BCUT2D eigenvalue weighted by Crippen LogP contribution is 2.52. The van der Waals surface area contributed by atoms with Gasteiger partial charge in [-0.05, 0) is 79.5 Å². The average Bonchev–Trinajstić information content (AvgIpc) is 3.22. The van der Waals surface area contributed by atoms with Gasteiger partial charge >= 0.3 is 0 Å². The molecule has 4 atom stereocenters. The predicted octanol–water partition coefficient (Wildman–Crippen LogP) is 7.49. The Hall–Kier alpha value is -3.51. The largest absolute Gasteiger partial charge is 0.324 e. The van der Waals surface area contributed by atoms with E-state index in [9.17, 15) is 14.9 Å². The van der Waals surface area contributed by atoms with Crippen LogP contribution in [0, 0.1) is 28.5 Å². The maximum absolute atomic E-state index is 15.8. The third-order valence-corrected chi connectivity index (χ3v) is 8.13. The molecule has 0 aromatic heterocycles. The van der Waals surface area contributed by atoms with Crippen molar-refractivity contribution in [2.45, 2.75) is 51.1 Å². The number of ketones is 1. The van der Waals surface area contributed by atoms with Gasteiger partial charge in [0.2, 0.25) is 5.91 Å². The Balaban J connectivity index is 1.84. The second kappa shape index (κ2) is 13.0. The molecule has 1 heterocycles. The maximum atomic E-state index is 15.8. The smallest absolute Gasteiger partial charge is 0.248 e. The molecular weight excluding hydrogens is 593 g/mol. The van der Waals surface area contributed by atoms with Crippen LogP contribution in [0.4, 0.5) is 14.5 Å². The summed E-state index contributed by atoms with van der Waals surface area (Å²) in [6.45, 7) is 6.19. The number of nitriles is 1. The van der Waals surface area contributed by atoms with E-state index in [0.29, 0.717) is 17.7 Å². The molecule has 1 aliphatic heterocycles. The highest BCUT2D eigenvalue weighted by atomic mass is 35.5. The lowest BCUT2D eigenvalue weighted by molar-refractivity contribution is -0.120. The predicted molar refractivity (Wildman–Crippen MR) is 165 cm³/mol. The van der Waals surface area contributed by atoms with Crippen molar-refractivity contribution in [2.75, 3.05) is 26.0 Å². The van der Waals surface area contributed by atoms with E-state index < -0.39 is 41.5 Å². The minimum Gasteiger partial charge on any atom is -0.324 e. The first-order chi connectivity index (χ1) is 20.2. The van der Waals surface area contributed by atoms with Crippen LogP contribution >= 0.6 is 23.2 Å². The van der Waals surface area contributed by atoms with Crippen LogP contribution in [-0.2, 0) is 4.79 Å². The summed E-state index contributed by atoms with van der Waals surface area (Å²) in [7, 11) is 3.59. The molecule has 1 fully saturated rings. The van der Waals surface area contributed by atoms with Gasteiger partial charge in [-0.2, -0.15) is 5.26 Å². The fourth-order valence-electron chi connectivity index (χ4n) is 5.91. The van der Waals surface area contributed by atoms with E-state index in [1.165, 1.54) is 29.2 Å². The Bertz CT molecular complexity index is 1550. The highest BCUT2D eigenvalue weighted by Gasteiger charge is 2.55. The normalized spacial score (nSPS) is 20.3. The molecule has 4 rings (SSSR count). The van der Waals surface area contributed by atoms with Gasteiger partial charge in [-0.15, -0.1) is 0 Å². The van der Waals surface area contributed by atoms with Gasteiger partial charge in [-0.25, -0.2) is 8.78 Å². The molecule has 3 aromatic carbocycles. The maximum Gasteiger partial charge on any atom is 0.248 e. The van der Waals surface area contributed by atoms with E-state index in [1.807, 2.05) is 20.8 Å². The van der Waals surface area contributed by atoms with Crippen LogP contribution < -0.4 is 5.32 Å². The number of rotatable bonds is 8. The molecule has 1 aliphatic rings. The van der Waals surface area contributed by atoms with E-state index in [1.54, 1.807) is 55.4 Å². The quantitative estimate of drug-likeness (QED) is 0.207. The van der Waals surface area contributed by atoms with Crippen LogP contribution in [0.2, 0.25) is 10.0 Å². The van der Waals surface area contributed by atoms with Crippen LogP contribution in [0.15, 0.2) is 60.7 Å². The number of hydrogen-bond acceptors (Lipinski definition) is 5. The third-order valence-electron chi connectivity index (χ3n) is 7.60. The summed E-state index contributed by atoms with van der Waals surface area (Å²) in [6.07, 6.45) is 2.58. The van der Waals surface area contributed by atoms with Crippen LogP contribution in [0.1, 0.15) is 60.5 Å². The fraction of sp³-hybridized carbons (Fsp3) is 0.364. The van der Waals surface area contributed by atoms with Crippen LogP contribution in [0.5, 0.6) is 0 Å². The number of anilines is 1. The van der Waals surface area contributed by atoms with Gasteiger partial charge < -0.3 is 10.2 Å². The van der Waals surface area contributed by atoms with Gasteiger partial charge in [0.15, 0.2) is 12.0 Å². The summed E-state index contributed by atoms with van der Waals surface area (Å²) in [5.41, 5.74) is 0.867. The Morgan fingerprint density at radius 2 is 1.67 bits per heavy atom. The van der Waals surface area contributed by atoms with E-state index in [4.69, 9.17) is 23.2 Å². The third kappa shape index (κ3) is 7.18. The monoisotopic (exact) mass is 626 g/mol. The van der Waals surface area contributed by atoms with E-state index >= 15 is 8.78 Å². The fourth-order valence-corrected chi connectivity index (χ4v) is 6.26. The SMILES string of the molecule is CN(C)CC(=O)c1ccc(NC(=O)C2C(c3cccc(Cl)c3F)C(c3ccc(Cl)cc3F)C(CC(C)(C)C)N2C#N)cc1. The number of nitrogens with one attached hydrogen (secondary N) is 1.